The van der Waals surface area contributed by atoms with Gasteiger partial charge in [0.1, 0.15) is 12.6 Å². The topological polar surface area (TPSA) is 81.7 Å². The van der Waals surface area contributed by atoms with Gasteiger partial charge in [-0.15, -0.1) is 0 Å². The number of alkyl carbamates (subject to hydrolysis) is 1. The van der Waals surface area contributed by atoms with Crippen LogP contribution in [0.2, 0.25) is 0 Å². The number of carbonyl (C=O) groups excluding carboxylic acids is 3. The minimum atomic E-state index is -1.04. The SMILES string of the molecule is CC(C)(C)C(=O)OC(=O)C(Cc1ccccc1)NC(=O)OCc1ccccc1. The third-order valence-electron chi connectivity index (χ3n) is 3.88. The van der Waals surface area contributed by atoms with E-state index in [1.165, 1.54) is 0 Å². The van der Waals surface area contributed by atoms with Crippen LogP contribution in [0.4, 0.5) is 4.79 Å². The first-order valence-electron chi connectivity index (χ1n) is 9.03. The van der Waals surface area contributed by atoms with Crippen molar-refractivity contribution in [3.8, 4) is 0 Å². The summed E-state index contributed by atoms with van der Waals surface area (Å²) < 4.78 is 10.1. The first-order valence-corrected chi connectivity index (χ1v) is 9.03. The van der Waals surface area contributed by atoms with Crippen LogP contribution in [0.25, 0.3) is 0 Å². The lowest BCUT2D eigenvalue weighted by atomic mass is 9.97. The molecule has 0 saturated heterocycles. The molecule has 1 N–H and O–H groups in total. The first kappa shape index (κ1) is 21.2. The van der Waals surface area contributed by atoms with Crippen molar-refractivity contribution in [2.75, 3.05) is 0 Å². The predicted octanol–water partition coefficient (Wildman–Crippen LogP) is 3.64. The van der Waals surface area contributed by atoms with E-state index >= 15 is 0 Å². The summed E-state index contributed by atoms with van der Waals surface area (Å²) in [4.78, 5) is 36.7. The van der Waals surface area contributed by atoms with E-state index in [0.29, 0.717) is 0 Å². The predicted molar refractivity (Wildman–Crippen MR) is 104 cm³/mol. The Morgan fingerprint density at radius 1 is 0.893 bits per heavy atom. The van der Waals surface area contributed by atoms with E-state index in [1.807, 2.05) is 60.7 Å². The fourth-order valence-electron chi connectivity index (χ4n) is 2.27. The Balaban J connectivity index is 2.03. The Kier molecular flexibility index (Phi) is 7.32. The van der Waals surface area contributed by atoms with Gasteiger partial charge in [-0.2, -0.15) is 0 Å². The van der Waals surface area contributed by atoms with Gasteiger partial charge in [0.2, 0.25) is 0 Å². The smallest absolute Gasteiger partial charge is 0.408 e. The normalized spacial score (nSPS) is 12.0. The Labute approximate surface area is 164 Å². The van der Waals surface area contributed by atoms with Gasteiger partial charge in [0.25, 0.3) is 0 Å². The molecule has 0 aliphatic heterocycles. The van der Waals surface area contributed by atoms with Crippen molar-refractivity contribution in [3.63, 3.8) is 0 Å². The highest BCUT2D eigenvalue weighted by molar-refractivity contribution is 5.92. The molecule has 6 nitrogen and oxygen atoms in total. The number of hydrogen-bond acceptors (Lipinski definition) is 5. The molecule has 0 aliphatic rings. The number of nitrogens with one attached hydrogen (secondary N) is 1. The van der Waals surface area contributed by atoms with Gasteiger partial charge in [0, 0.05) is 6.42 Å². The molecule has 2 rings (SSSR count). The van der Waals surface area contributed by atoms with Crippen LogP contribution in [-0.2, 0) is 32.1 Å². The fraction of sp³-hybridized carbons (Fsp3) is 0.318. The van der Waals surface area contributed by atoms with E-state index < -0.39 is 29.5 Å². The lowest BCUT2D eigenvalue weighted by molar-refractivity contribution is -0.166. The second-order valence-electron chi connectivity index (χ2n) is 7.41. The highest BCUT2D eigenvalue weighted by Crippen LogP contribution is 2.16. The summed E-state index contributed by atoms with van der Waals surface area (Å²) in [5, 5.41) is 2.50. The number of benzene rings is 2. The number of ether oxygens (including phenoxy) is 2. The number of esters is 2. The Morgan fingerprint density at radius 3 is 1.96 bits per heavy atom. The van der Waals surface area contributed by atoms with Gasteiger partial charge in [-0.1, -0.05) is 60.7 Å². The molecule has 148 valence electrons. The molecule has 0 aromatic heterocycles. The van der Waals surface area contributed by atoms with E-state index in [1.54, 1.807) is 20.8 Å². The molecule has 28 heavy (non-hydrogen) atoms. The second kappa shape index (κ2) is 9.69. The number of hydrogen-bond donors (Lipinski definition) is 1. The Bertz CT molecular complexity index is 797. The summed E-state index contributed by atoms with van der Waals surface area (Å²) in [5.41, 5.74) is 0.805. The second-order valence-corrected chi connectivity index (χ2v) is 7.41. The molecule has 0 saturated carbocycles. The fourth-order valence-corrected chi connectivity index (χ4v) is 2.27. The zero-order valence-corrected chi connectivity index (χ0v) is 16.3. The van der Waals surface area contributed by atoms with Crippen LogP contribution in [0.5, 0.6) is 0 Å². The third-order valence-corrected chi connectivity index (χ3v) is 3.88. The molecule has 0 heterocycles. The zero-order valence-electron chi connectivity index (χ0n) is 16.3. The van der Waals surface area contributed by atoms with Crippen molar-refractivity contribution in [2.24, 2.45) is 5.41 Å². The van der Waals surface area contributed by atoms with E-state index in [9.17, 15) is 14.4 Å². The minimum Gasteiger partial charge on any atom is -0.445 e. The van der Waals surface area contributed by atoms with Crippen LogP contribution in [0.3, 0.4) is 0 Å². The average molecular weight is 383 g/mol. The van der Waals surface area contributed by atoms with Crippen LogP contribution in [0.15, 0.2) is 60.7 Å². The maximum absolute atomic E-state index is 12.5. The Morgan fingerprint density at radius 2 is 1.43 bits per heavy atom. The third kappa shape index (κ3) is 6.87. The molecular formula is C22H25NO5. The summed E-state index contributed by atoms with van der Waals surface area (Å²) in [6.45, 7) is 5.02. The summed E-state index contributed by atoms with van der Waals surface area (Å²) in [6, 6.07) is 17.3. The molecule has 0 aliphatic carbocycles. The maximum atomic E-state index is 12.5. The molecule has 0 radical (unpaired) electrons. The zero-order chi connectivity index (χ0) is 20.6. The van der Waals surface area contributed by atoms with Gasteiger partial charge in [0.05, 0.1) is 5.41 Å². The number of carbonyl (C=O) groups is 3. The quantitative estimate of drug-likeness (QED) is 0.608. The Hall–Kier alpha value is -3.15. The molecule has 2 aromatic rings. The van der Waals surface area contributed by atoms with Crippen molar-refractivity contribution in [1.82, 2.24) is 5.32 Å². The van der Waals surface area contributed by atoms with E-state index in [4.69, 9.17) is 9.47 Å². The van der Waals surface area contributed by atoms with Crippen molar-refractivity contribution in [1.29, 1.82) is 0 Å². The van der Waals surface area contributed by atoms with Crippen LogP contribution in [0, 0.1) is 5.41 Å². The maximum Gasteiger partial charge on any atom is 0.408 e. The molecule has 0 spiro atoms. The standard InChI is InChI=1S/C22H25NO5/c1-22(2,3)20(25)28-19(24)18(14-16-10-6-4-7-11-16)23-21(26)27-15-17-12-8-5-9-13-17/h4-13,18H,14-15H2,1-3H3,(H,23,26). The molecule has 1 atom stereocenters. The van der Waals surface area contributed by atoms with Gasteiger partial charge in [-0.3, -0.25) is 4.79 Å². The van der Waals surface area contributed by atoms with Crippen LogP contribution < -0.4 is 5.32 Å². The molecular weight excluding hydrogens is 358 g/mol. The average Bonchev–Trinajstić information content (AvgIpc) is 2.66. The van der Waals surface area contributed by atoms with Crippen molar-refractivity contribution < 1.29 is 23.9 Å². The first-order chi connectivity index (χ1) is 13.3. The highest BCUT2D eigenvalue weighted by Gasteiger charge is 2.30. The van der Waals surface area contributed by atoms with Gasteiger partial charge in [0.15, 0.2) is 0 Å². The molecule has 0 fully saturated rings. The van der Waals surface area contributed by atoms with Gasteiger partial charge < -0.3 is 14.8 Å². The molecule has 2 aromatic carbocycles. The summed E-state index contributed by atoms with van der Waals surface area (Å²) in [6.07, 6.45) is -0.581. The largest absolute Gasteiger partial charge is 0.445 e. The molecule has 1 amide bonds. The molecule has 6 heteroatoms. The van der Waals surface area contributed by atoms with Crippen LogP contribution in [-0.4, -0.2) is 24.1 Å². The highest BCUT2D eigenvalue weighted by atomic mass is 16.6. The van der Waals surface area contributed by atoms with E-state index in [0.717, 1.165) is 11.1 Å². The number of amides is 1. The van der Waals surface area contributed by atoms with E-state index in [2.05, 4.69) is 5.32 Å². The lowest BCUT2D eigenvalue weighted by Gasteiger charge is -2.20. The van der Waals surface area contributed by atoms with E-state index in [-0.39, 0.29) is 13.0 Å². The summed E-state index contributed by atoms with van der Waals surface area (Å²) >= 11 is 0. The van der Waals surface area contributed by atoms with Crippen LogP contribution >= 0.6 is 0 Å². The van der Waals surface area contributed by atoms with Crippen LogP contribution in [0.1, 0.15) is 31.9 Å². The number of rotatable bonds is 6. The lowest BCUT2D eigenvalue weighted by Crippen LogP contribution is -2.45. The van der Waals surface area contributed by atoms with Gasteiger partial charge in [-0.25, -0.2) is 9.59 Å². The van der Waals surface area contributed by atoms with Crippen molar-refractivity contribution >= 4 is 18.0 Å². The van der Waals surface area contributed by atoms with Gasteiger partial charge >= 0.3 is 18.0 Å². The van der Waals surface area contributed by atoms with Crippen molar-refractivity contribution in [2.45, 2.75) is 39.8 Å². The molecule has 0 bridgehead atoms. The monoisotopic (exact) mass is 383 g/mol. The minimum absolute atomic E-state index is 0.0701. The summed E-state index contributed by atoms with van der Waals surface area (Å²) in [7, 11) is 0. The van der Waals surface area contributed by atoms with Crippen molar-refractivity contribution in [3.05, 3.63) is 71.8 Å². The summed E-state index contributed by atoms with van der Waals surface area (Å²) in [5.74, 6) is -1.48. The molecule has 1 unspecified atom stereocenters. The van der Waals surface area contributed by atoms with Gasteiger partial charge in [-0.05, 0) is 31.9 Å².